The van der Waals surface area contributed by atoms with E-state index in [2.05, 4.69) is 6.58 Å². The molecule has 0 fully saturated rings. The fraction of sp³-hybridized carbons (Fsp3) is 0.250. The summed E-state index contributed by atoms with van der Waals surface area (Å²) in [5.41, 5.74) is 1.61. The van der Waals surface area contributed by atoms with Gasteiger partial charge in [-0.3, -0.25) is 9.63 Å². The Morgan fingerprint density at radius 1 is 1.53 bits per heavy atom. The number of hydrogen-bond acceptors (Lipinski definition) is 2. The highest BCUT2D eigenvalue weighted by Gasteiger charge is 2.13. The van der Waals surface area contributed by atoms with Crippen LogP contribution in [0.1, 0.15) is 15.9 Å². The van der Waals surface area contributed by atoms with E-state index in [-0.39, 0.29) is 5.91 Å². The van der Waals surface area contributed by atoms with Crippen LogP contribution in [0.4, 0.5) is 0 Å². The van der Waals surface area contributed by atoms with Crippen molar-refractivity contribution in [3.63, 3.8) is 0 Å². The van der Waals surface area contributed by atoms with E-state index < -0.39 is 0 Å². The van der Waals surface area contributed by atoms with E-state index in [1.165, 1.54) is 12.2 Å². The fourth-order valence-corrected chi connectivity index (χ4v) is 1.31. The summed E-state index contributed by atoms with van der Waals surface area (Å²) in [5, 5.41) is 1.21. The molecule has 0 unspecified atom stereocenters. The summed E-state index contributed by atoms with van der Waals surface area (Å²) in [4.78, 5) is 16.7. The van der Waals surface area contributed by atoms with Gasteiger partial charge in [0.15, 0.2) is 0 Å². The van der Waals surface area contributed by atoms with Crippen molar-refractivity contribution in [2.45, 2.75) is 6.42 Å². The second kappa shape index (κ2) is 5.32. The topological polar surface area (TPSA) is 29.5 Å². The summed E-state index contributed by atoms with van der Waals surface area (Å²) in [6.45, 7) is 3.67. The fourth-order valence-electron chi connectivity index (χ4n) is 1.31. The molecule has 0 saturated carbocycles. The number of carbonyl (C=O) groups is 1. The quantitative estimate of drug-likeness (QED) is 0.556. The molecule has 1 amide bonds. The Balaban J connectivity index is 3.01. The minimum atomic E-state index is -0.144. The highest BCUT2D eigenvalue weighted by molar-refractivity contribution is 5.94. The summed E-state index contributed by atoms with van der Waals surface area (Å²) in [7, 11) is 3.06. The Hall–Kier alpha value is -1.61. The molecule has 1 aromatic carbocycles. The van der Waals surface area contributed by atoms with E-state index in [0.29, 0.717) is 12.0 Å². The van der Waals surface area contributed by atoms with Crippen LogP contribution < -0.4 is 0 Å². The summed E-state index contributed by atoms with van der Waals surface area (Å²) in [6, 6.07) is 7.45. The molecule has 15 heavy (non-hydrogen) atoms. The second-order valence-corrected chi connectivity index (χ2v) is 3.14. The van der Waals surface area contributed by atoms with Crippen molar-refractivity contribution in [3.8, 4) is 0 Å². The number of amides is 1. The second-order valence-electron chi connectivity index (χ2n) is 3.14. The molecule has 0 N–H and O–H groups in total. The number of rotatable bonds is 4. The number of allylic oxidation sites excluding steroid dienone is 1. The molecule has 0 saturated heterocycles. The first kappa shape index (κ1) is 11.5. The molecule has 1 rings (SSSR count). The lowest BCUT2D eigenvalue weighted by Crippen LogP contribution is -2.26. The minimum absolute atomic E-state index is 0.144. The van der Waals surface area contributed by atoms with Gasteiger partial charge < -0.3 is 0 Å². The van der Waals surface area contributed by atoms with E-state index in [9.17, 15) is 4.79 Å². The Morgan fingerprint density at radius 3 is 2.80 bits per heavy atom. The van der Waals surface area contributed by atoms with Crippen molar-refractivity contribution in [2.24, 2.45) is 0 Å². The largest absolute Gasteiger partial charge is 0.277 e. The first-order valence-corrected chi connectivity index (χ1v) is 4.71. The summed E-state index contributed by atoms with van der Waals surface area (Å²) < 4.78 is 0. The predicted molar refractivity (Wildman–Crippen MR) is 59.4 cm³/mol. The molecule has 3 nitrogen and oxygen atoms in total. The number of hydroxylamine groups is 2. The van der Waals surface area contributed by atoms with Crippen LogP contribution >= 0.6 is 0 Å². The number of benzene rings is 1. The van der Waals surface area contributed by atoms with Gasteiger partial charge in [-0.2, -0.15) is 0 Å². The zero-order valence-electron chi connectivity index (χ0n) is 9.06. The van der Waals surface area contributed by atoms with E-state index in [4.69, 9.17) is 4.84 Å². The maximum absolute atomic E-state index is 11.8. The molecule has 80 valence electrons. The molecule has 0 radical (unpaired) electrons. The van der Waals surface area contributed by atoms with E-state index in [0.717, 1.165) is 5.56 Å². The van der Waals surface area contributed by atoms with E-state index in [1.807, 2.05) is 18.2 Å². The Morgan fingerprint density at radius 2 is 2.20 bits per heavy atom. The van der Waals surface area contributed by atoms with Crippen molar-refractivity contribution < 1.29 is 9.63 Å². The molecule has 0 heterocycles. The van der Waals surface area contributed by atoms with Crippen molar-refractivity contribution in [2.75, 3.05) is 14.2 Å². The smallest absolute Gasteiger partial charge is 0.274 e. The molecule has 1 aromatic rings. The number of hydrogen-bond donors (Lipinski definition) is 0. The first-order chi connectivity index (χ1) is 7.20. The molecular formula is C12H15NO2. The summed E-state index contributed by atoms with van der Waals surface area (Å²) in [5.74, 6) is -0.144. The van der Waals surface area contributed by atoms with Crippen molar-refractivity contribution in [1.82, 2.24) is 5.06 Å². The zero-order valence-corrected chi connectivity index (χ0v) is 9.06. The van der Waals surface area contributed by atoms with Crippen LogP contribution in [0, 0.1) is 0 Å². The third kappa shape index (κ3) is 2.67. The van der Waals surface area contributed by atoms with Crippen LogP contribution in [-0.2, 0) is 11.3 Å². The summed E-state index contributed by atoms with van der Waals surface area (Å²) >= 11 is 0. The van der Waals surface area contributed by atoms with Gasteiger partial charge in [0.05, 0.1) is 7.11 Å². The molecule has 0 spiro atoms. The van der Waals surface area contributed by atoms with Gasteiger partial charge in [0.25, 0.3) is 5.91 Å². The molecule has 0 bridgehead atoms. The van der Waals surface area contributed by atoms with E-state index in [1.54, 1.807) is 19.2 Å². The van der Waals surface area contributed by atoms with Crippen LogP contribution in [0.3, 0.4) is 0 Å². The Labute approximate surface area is 89.9 Å². The highest BCUT2D eigenvalue weighted by atomic mass is 16.7. The number of carbonyl (C=O) groups excluding carboxylic acids is 1. The SMILES string of the molecule is C=CCc1ccccc1C(=O)N(C)OC. The monoisotopic (exact) mass is 205 g/mol. The number of nitrogens with zero attached hydrogens (tertiary/aromatic N) is 1. The van der Waals surface area contributed by atoms with Gasteiger partial charge in [0.1, 0.15) is 0 Å². The van der Waals surface area contributed by atoms with Crippen LogP contribution in [0.2, 0.25) is 0 Å². The Kier molecular flexibility index (Phi) is 4.06. The lowest BCUT2D eigenvalue weighted by atomic mass is 10.0. The normalized spacial score (nSPS) is 9.73. The molecule has 0 aliphatic heterocycles. The van der Waals surface area contributed by atoms with Gasteiger partial charge >= 0.3 is 0 Å². The Bertz CT molecular complexity index is 360. The highest BCUT2D eigenvalue weighted by Crippen LogP contribution is 2.12. The van der Waals surface area contributed by atoms with Crippen LogP contribution in [0.5, 0.6) is 0 Å². The van der Waals surface area contributed by atoms with Crippen molar-refractivity contribution in [3.05, 3.63) is 48.0 Å². The lowest BCUT2D eigenvalue weighted by Gasteiger charge is -2.15. The predicted octanol–water partition coefficient (Wildman–Crippen LogP) is 2.05. The van der Waals surface area contributed by atoms with Crippen molar-refractivity contribution >= 4 is 5.91 Å². The van der Waals surface area contributed by atoms with Crippen LogP contribution in [0.25, 0.3) is 0 Å². The van der Waals surface area contributed by atoms with Gasteiger partial charge in [0, 0.05) is 12.6 Å². The zero-order chi connectivity index (χ0) is 11.3. The standard InChI is InChI=1S/C12H15NO2/c1-4-7-10-8-5-6-9-11(10)12(14)13(2)15-3/h4-6,8-9H,1,7H2,2-3H3. The average Bonchev–Trinajstić information content (AvgIpc) is 2.28. The molecule has 0 aliphatic rings. The van der Waals surface area contributed by atoms with Gasteiger partial charge in [0.2, 0.25) is 0 Å². The van der Waals surface area contributed by atoms with Gasteiger partial charge in [-0.05, 0) is 18.1 Å². The maximum Gasteiger partial charge on any atom is 0.277 e. The summed E-state index contributed by atoms with van der Waals surface area (Å²) in [6.07, 6.45) is 2.46. The lowest BCUT2D eigenvalue weighted by molar-refractivity contribution is -0.0757. The maximum atomic E-state index is 11.8. The third-order valence-corrected chi connectivity index (χ3v) is 2.17. The van der Waals surface area contributed by atoms with Gasteiger partial charge in [-0.1, -0.05) is 24.3 Å². The van der Waals surface area contributed by atoms with Gasteiger partial charge in [-0.15, -0.1) is 6.58 Å². The van der Waals surface area contributed by atoms with Crippen LogP contribution in [0.15, 0.2) is 36.9 Å². The van der Waals surface area contributed by atoms with Crippen LogP contribution in [-0.4, -0.2) is 25.1 Å². The molecule has 3 heteroatoms. The molecule has 0 aromatic heterocycles. The molecule has 0 atom stereocenters. The third-order valence-electron chi connectivity index (χ3n) is 2.17. The minimum Gasteiger partial charge on any atom is -0.274 e. The van der Waals surface area contributed by atoms with E-state index >= 15 is 0 Å². The van der Waals surface area contributed by atoms with Gasteiger partial charge in [-0.25, -0.2) is 5.06 Å². The average molecular weight is 205 g/mol. The molecule has 0 aliphatic carbocycles. The first-order valence-electron chi connectivity index (χ1n) is 4.71. The molecular weight excluding hydrogens is 190 g/mol. The van der Waals surface area contributed by atoms with Crippen molar-refractivity contribution in [1.29, 1.82) is 0 Å².